The van der Waals surface area contributed by atoms with Gasteiger partial charge in [0.15, 0.2) is 0 Å². The molecule has 1 aromatic carbocycles. The standard InChI is InChI=1S/C15H21N3O2/c1-4-20-14(19)9-18-12-7-5-6-11(16)15(12)17-13(18)8-10(2)3/h5-7,10H,4,8-9,16H2,1-3H3. The normalized spacial score (nSPS) is 11.2. The van der Waals surface area contributed by atoms with E-state index in [4.69, 9.17) is 10.5 Å². The summed E-state index contributed by atoms with van der Waals surface area (Å²) in [7, 11) is 0. The lowest BCUT2D eigenvalue weighted by Gasteiger charge is -2.10. The van der Waals surface area contributed by atoms with Crippen molar-refractivity contribution in [2.24, 2.45) is 5.92 Å². The maximum atomic E-state index is 11.8. The lowest BCUT2D eigenvalue weighted by atomic mass is 10.1. The predicted octanol–water partition coefficient (Wildman–Crippen LogP) is 2.38. The van der Waals surface area contributed by atoms with Crippen molar-refractivity contribution in [2.75, 3.05) is 12.3 Å². The number of hydrogen-bond acceptors (Lipinski definition) is 4. The van der Waals surface area contributed by atoms with Crippen molar-refractivity contribution in [1.82, 2.24) is 9.55 Å². The molecule has 0 aliphatic heterocycles. The third kappa shape index (κ3) is 2.92. The largest absolute Gasteiger partial charge is 0.465 e. The smallest absolute Gasteiger partial charge is 0.326 e. The highest BCUT2D eigenvalue weighted by Crippen LogP contribution is 2.23. The van der Waals surface area contributed by atoms with Crippen LogP contribution >= 0.6 is 0 Å². The molecule has 0 bridgehead atoms. The van der Waals surface area contributed by atoms with Crippen LogP contribution in [0.3, 0.4) is 0 Å². The number of nitrogens with zero attached hydrogens (tertiary/aromatic N) is 2. The molecular weight excluding hydrogens is 254 g/mol. The Kier molecular flexibility index (Phi) is 4.27. The minimum Gasteiger partial charge on any atom is -0.465 e. The first-order chi connectivity index (χ1) is 9.52. The molecule has 0 aliphatic rings. The average Bonchev–Trinajstić information content (AvgIpc) is 2.69. The maximum Gasteiger partial charge on any atom is 0.326 e. The number of esters is 1. The lowest BCUT2D eigenvalue weighted by molar-refractivity contribution is -0.143. The minimum atomic E-state index is -0.251. The van der Waals surface area contributed by atoms with E-state index in [1.807, 2.05) is 22.8 Å². The summed E-state index contributed by atoms with van der Waals surface area (Å²) < 4.78 is 6.94. The van der Waals surface area contributed by atoms with Crippen LogP contribution in [0.2, 0.25) is 0 Å². The SMILES string of the molecule is CCOC(=O)Cn1c(CC(C)C)nc2c(N)cccc21. The summed E-state index contributed by atoms with van der Waals surface area (Å²) in [5, 5.41) is 0. The molecule has 2 N–H and O–H groups in total. The number of aromatic nitrogens is 2. The fraction of sp³-hybridized carbons (Fsp3) is 0.467. The molecule has 0 saturated heterocycles. The van der Waals surface area contributed by atoms with Gasteiger partial charge in [0.1, 0.15) is 17.9 Å². The van der Waals surface area contributed by atoms with Crippen molar-refractivity contribution in [2.45, 2.75) is 33.7 Å². The molecule has 0 amide bonds. The molecule has 1 heterocycles. The first-order valence-corrected chi connectivity index (χ1v) is 6.92. The molecule has 20 heavy (non-hydrogen) atoms. The molecule has 5 heteroatoms. The van der Waals surface area contributed by atoms with Gasteiger partial charge in [-0.05, 0) is 25.0 Å². The average molecular weight is 275 g/mol. The molecule has 5 nitrogen and oxygen atoms in total. The van der Waals surface area contributed by atoms with Gasteiger partial charge >= 0.3 is 5.97 Å². The second-order valence-corrected chi connectivity index (χ2v) is 5.23. The van der Waals surface area contributed by atoms with Crippen LogP contribution in [-0.2, 0) is 22.5 Å². The second-order valence-electron chi connectivity index (χ2n) is 5.23. The fourth-order valence-corrected chi connectivity index (χ4v) is 2.25. The number of nitrogen functional groups attached to an aromatic ring is 1. The molecule has 0 saturated carbocycles. The van der Waals surface area contributed by atoms with Gasteiger partial charge in [0.05, 0.1) is 17.8 Å². The highest BCUT2D eigenvalue weighted by Gasteiger charge is 2.16. The number of fused-ring (bicyclic) bond motifs is 1. The number of carbonyl (C=O) groups excluding carboxylic acids is 1. The Balaban J connectivity index is 2.47. The highest BCUT2D eigenvalue weighted by molar-refractivity contribution is 5.88. The summed E-state index contributed by atoms with van der Waals surface area (Å²) in [4.78, 5) is 16.4. The Morgan fingerprint density at radius 3 is 2.85 bits per heavy atom. The number of anilines is 1. The Morgan fingerprint density at radius 1 is 1.45 bits per heavy atom. The molecule has 0 unspecified atom stereocenters. The molecule has 0 radical (unpaired) electrons. The van der Waals surface area contributed by atoms with Gasteiger partial charge in [0, 0.05) is 6.42 Å². The monoisotopic (exact) mass is 275 g/mol. The Bertz CT molecular complexity index is 617. The van der Waals surface area contributed by atoms with Crippen LogP contribution in [0.4, 0.5) is 5.69 Å². The first kappa shape index (κ1) is 14.4. The van der Waals surface area contributed by atoms with E-state index in [1.165, 1.54) is 0 Å². The number of carbonyl (C=O) groups is 1. The van der Waals surface area contributed by atoms with Crippen molar-refractivity contribution in [3.05, 3.63) is 24.0 Å². The van der Waals surface area contributed by atoms with Gasteiger partial charge in [-0.25, -0.2) is 4.98 Å². The van der Waals surface area contributed by atoms with Gasteiger partial charge < -0.3 is 15.0 Å². The van der Waals surface area contributed by atoms with Crippen LogP contribution in [0.25, 0.3) is 11.0 Å². The van der Waals surface area contributed by atoms with Crippen molar-refractivity contribution < 1.29 is 9.53 Å². The van der Waals surface area contributed by atoms with Crippen LogP contribution in [-0.4, -0.2) is 22.1 Å². The quantitative estimate of drug-likeness (QED) is 0.672. The molecule has 2 rings (SSSR count). The molecule has 0 spiro atoms. The summed E-state index contributed by atoms with van der Waals surface area (Å²) in [5.74, 6) is 1.08. The molecule has 108 valence electrons. The first-order valence-electron chi connectivity index (χ1n) is 6.92. The second kappa shape index (κ2) is 5.94. The molecule has 2 aromatic rings. The lowest BCUT2D eigenvalue weighted by Crippen LogP contribution is -2.16. The Morgan fingerprint density at radius 2 is 2.20 bits per heavy atom. The number of benzene rings is 1. The summed E-state index contributed by atoms with van der Waals surface area (Å²) in [5.41, 5.74) is 8.24. The van der Waals surface area contributed by atoms with Crippen LogP contribution < -0.4 is 5.73 Å². The van der Waals surface area contributed by atoms with Gasteiger partial charge in [-0.1, -0.05) is 19.9 Å². The molecule has 1 aromatic heterocycles. The number of ether oxygens (including phenoxy) is 1. The predicted molar refractivity (Wildman–Crippen MR) is 79.3 cm³/mol. The molecular formula is C15H21N3O2. The van der Waals surface area contributed by atoms with Crippen LogP contribution in [0.1, 0.15) is 26.6 Å². The van der Waals surface area contributed by atoms with E-state index >= 15 is 0 Å². The number of imidazole rings is 1. The molecule has 0 aliphatic carbocycles. The van der Waals surface area contributed by atoms with E-state index in [9.17, 15) is 4.79 Å². The van der Waals surface area contributed by atoms with E-state index in [-0.39, 0.29) is 12.5 Å². The van der Waals surface area contributed by atoms with Gasteiger partial charge in [-0.2, -0.15) is 0 Å². The van der Waals surface area contributed by atoms with Crippen molar-refractivity contribution in [1.29, 1.82) is 0 Å². The topological polar surface area (TPSA) is 70.1 Å². The zero-order valence-electron chi connectivity index (χ0n) is 12.2. The number of nitrogens with two attached hydrogens (primary N) is 1. The maximum absolute atomic E-state index is 11.8. The van der Waals surface area contributed by atoms with Gasteiger partial charge in [-0.15, -0.1) is 0 Å². The van der Waals surface area contributed by atoms with Crippen molar-refractivity contribution in [3.8, 4) is 0 Å². The van der Waals surface area contributed by atoms with E-state index in [0.717, 1.165) is 23.3 Å². The van der Waals surface area contributed by atoms with Gasteiger partial charge in [0.2, 0.25) is 0 Å². The van der Waals surface area contributed by atoms with Crippen molar-refractivity contribution >= 4 is 22.7 Å². The van der Waals surface area contributed by atoms with E-state index in [0.29, 0.717) is 18.2 Å². The summed E-state index contributed by atoms with van der Waals surface area (Å²) in [6, 6.07) is 5.63. The number of hydrogen-bond donors (Lipinski definition) is 1. The Labute approximate surface area is 118 Å². The fourth-order valence-electron chi connectivity index (χ4n) is 2.25. The number of para-hydroxylation sites is 1. The zero-order valence-corrected chi connectivity index (χ0v) is 12.2. The van der Waals surface area contributed by atoms with Gasteiger partial charge in [0.25, 0.3) is 0 Å². The Hall–Kier alpha value is -2.04. The third-order valence-corrected chi connectivity index (χ3v) is 3.07. The van der Waals surface area contributed by atoms with E-state index in [1.54, 1.807) is 6.92 Å². The van der Waals surface area contributed by atoms with Crippen molar-refractivity contribution in [3.63, 3.8) is 0 Å². The number of rotatable bonds is 5. The van der Waals surface area contributed by atoms with Gasteiger partial charge in [-0.3, -0.25) is 4.79 Å². The zero-order chi connectivity index (χ0) is 14.7. The van der Waals surface area contributed by atoms with E-state index in [2.05, 4.69) is 18.8 Å². The molecule has 0 atom stereocenters. The van der Waals surface area contributed by atoms with E-state index < -0.39 is 0 Å². The van der Waals surface area contributed by atoms with Crippen LogP contribution in [0, 0.1) is 5.92 Å². The molecule has 0 fully saturated rings. The van der Waals surface area contributed by atoms with Crippen LogP contribution in [0.15, 0.2) is 18.2 Å². The minimum absolute atomic E-state index is 0.176. The summed E-state index contributed by atoms with van der Waals surface area (Å²) in [6.07, 6.45) is 0.799. The van der Waals surface area contributed by atoms with Crippen LogP contribution in [0.5, 0.6) is 0 Å². The summed E-state index contributed by atoms with van der Waals surface area (Å²) in [6.45, 7) is 6.61. The third-order valence-electron chi connectivity index (χ3n) is 3.07. The summed E-state index contributed by atoms with van der Waals surface area (Å²) >= 11 is 0. The highest BCUT2D eigenvalue weighted by atomic mass is 16.5.